The fourth-order valence-corrected chi connectivity index (χ4v) is 2.02. The quantitative estimate of drug-likeness (QED) is 0.245. The summed E-state index contributed by atoms with van der Waals surface area (Å²) in [6.45, 7) is 0. The summed E-state index contributed by atoms with van der Waals surface area (Å²) < 4.78 is 4.96. The Morgan fingerprint density at radius 1 is 1.46 bits per heavy atom. The Bertz CT molecular complexity index is 155. The maximum absolute atomic E-state index is 2.99. The molecule has 5 heteroatoms. The van der Waals surface area contributed by atoms with Crippen LogP contribution in [0.1, 0.15) is 6.42 Å². The van der Waals surface area contributed by atoms with Gasteiger partial charge >= 0.3 is 85.8 Å². The standard InChI is InChI=1S/C5H5.C3H2.2ClH.2Sb.Zr.H/c1-2-4-5-3-1;1-3-2;;;;;;/h1-3H,4H2;1,3H;2*1H;;;;/q2*-1;;;;;+4;/p-2. The zero-order valence-electron chi connectivity index (χ0n) is 6.80. The van der Waals surface area contributed by atoms with E-state index in [0.29, 0.717) is 0 Å². The smallest absolute Gasteiger partial charge is 4.00 e. The summed E-state index contributed by atoms with van der Waals surface area (Å²) in [5.41, 5.74) is 0. The van der Waals surface area contributed by atoms with E-state index in [-0.39, 0.29) is 51.0 Å². The average Bonchev–Trinajstić information content (AvgIpc) is 2.44. The van der Waals surface area contributed by atoms with E-state index in [1.165, 1.54) is 23.0 Å². The molecule has 0 N–H and O–H groups in total. The monoisotopic (exact) mass is 506 g/mol. The van der Waals surface area contributed by atoms with E-state index in [1.807, 2.05) is 22.3 Å². The average molecular weight is 510 g/mol. The molecule has 1 aliphatic rings. The first-order chi connectivity index (χ1) is 4.91. The van der Waals surface area contributed by atoms with Crippen LogP contribution in [-0.2, 0) is 26.2 Å². The Morgan fingerprint density at radius 2 is 2.08 bits per heavy atom. The Labute approximate surface area is 139 Å². The Balaban J connectivity index is -0.0000000506. The third-order valence-electron chi connectivity index (χ3n) is 0.744. The number of hydrogen-bond donors (Lipinski definition) is 0. The third kappa shape index (κ3) is 25.0. The Hall–Kier alpha value is 2.19. The fourth-order valence-electron chi connectivity index (χ4n) is 0.377. The van der Waals surface area contributed by atoms with Crippen molar-refractivity contribution in [2.45, 2.75) is 6.42 Å². The van der Waals surface area contributed by atoms with E-state index in [9.17, 15) is 0 Å². The van der Waals surface area contributed by atoms with Gasteiger partial charge in [-0.25, -0.2) is 12.2 Å². The van der Waals surface area contributed by atoms with Crippen molar-refractivity contribution in [1.29, 1.82) is 0 Å². The van der Waals surface area contributed by atoms with E-state index in [4.69, 9.17) is 0 Å². The summed E-state index contributed by atoms with van der Waals surface area (Å²) >= 11 is 3.05. The van der Waals surface area contributed by atoms with Gasteiger partial charge in [-0.05, 0) is 0 Å². The summed E-state index contributed by atoms with van der Waals surface area (Å²) in [6.07, 6.45) is 11.9. The molecular formula is C8H8Cl2Sb2Zr. The van der Waals surface area contributed by atoms with Crippen LogP contribution in [0.25, 0.3) is 0 Å². The van der Waals surface area contributed by atoms with Crippen LogP contribution >= 0.6 is 0 Å². The van der Waals surface area contributed by atoms with E-state index < -0.39 is 0 Å². The van der Waals surface area contributed by atoms with Crippen LogP contribution in [0.2, 0.25) is 0 Å². The Morgan fingerprint density at radius 3 is 2.15 bits per heavy atom. The molecule has 1 aliphatic carbocycles. The molecular weight excluding hydrogens is 502 g/mol. The van der Waals surface area contributed by atoms with E-state index in [1.54, 1.807) is 22.5 Å². The molecule has 0 aromatic heterocycles. The molecule has 0 aromatic carbocycles. The molecule has 0 heterocycles. The van der Waals surface area contributed by atoms with Gasteiger partial charge in [0.1, 0.15) is 0 Å². The minimum atomic E-state index is 0. The topological polar surface area (TPSA) is 0 Å². The van der Waals surface area contributed by atoms with Gasteiger partial charge in [0.15, 0.2) is 0 Å². The molecule has 0 bridgehead atoms. The Kier molecular flexibility index (Phi) is 44.7. The molecule has 0 nitrogen and oxygen atoms in total. The predicted octanol–water partition coefficient (Wildman–Crippen LogP) is -5.44. The normalized spacial score (nSPS) is 10.2. The molecule has 0 saturated carbocycles. The van der Waals surface area contributed by atoms with E-state index in [0.717, 1.165) is 6.42 Å². The fraction of sp³-hybridized carbons (Fsp3) is 0.125. The van der Waals surface area contributed by atoms with Crippen molar-refractivity contribution in [3.8, 4) is 0 Å². The molecule has 0 saturated heterocycles. The molecule has 1 rings (SSSR count). The number of rotatable bonds is 1. The zero-order valence-corrected chi connectivity index (χ0v) is 16.2. The molecule has 2 radical (unpaired) electrons. The molecule has 0 fully saturated rings. The van der Waals surface area contributed by atoms with Crippen LogP contribution in [0, 0.1) is 6.08 Å². The van der Waals surface area contributed by atoms with Crippen LogP contribution in [-0.4, -0.2) is 49.5 Å². The van der Waals surface area contributed by atoms with Crippen LogP contribution in [0.15, 0.2) is 28.3 Å². The van der Waals surface area contributed by atoms with Crippen molar-refractivity contribution < 1.29 is 51.0 Å². The molecule has 0 unspecified atom stereocenters. The molecule has 0 amide bonds. The number of halogens is 2. The van der Waals surface area contributed by atoms with Gasteiger partial charge in [-0.1, -0.05) is 0 Å². The number of allylic oxidation sites excluding steroid dienone is 5. The van der Waals surface area contributed by atoms with Gasteiger partial charge in [0.25, 0.3) is 0 Å². The molecule has 13 heavy (non-hydrogen) atoms. The zero-order chi connectivity index (χ0) is 7.66. The van der Waals surface area contributed by atoms with Gasteiger partial charge in [0, 0.05) is 0 Å². The maximum Gasteiger partial charge on any atom is 4.00 e. The maximum atomic E-state index is 2.99. The molecule has 0 aromatic rings. The third-order valence-corrected chi connectivity index (χ3v) is 1.64. The molecule has 68 valence electrons. The SMILES string of the molecule is [C-]1=CC=CC1.[Cl-].[Cl-].[Sb]=[C-]C=[CH][SbH].[Zr+4]. The van der Waals surface area contributed by atoms with E-state index >= 15 is 0 Å². The summed E-state index contributed by atoms with van der Waals surface area (Å²) in [5.74, 6) is 0. The van der Waals surface area contributed by atoms with Crippen LogP contribution < -0.4 is 24.8 Å². The van der Waals surface area contributed by atoms with Gasteiger partial charge in [-0.3, -0.25) is 6.08 Å². The van der Waals surface area contributed by atoms with Gasteiger partial charge in [-0.2, -0.15) is 6.08 Å². The van der Waals surface area contributed by atoms with Crippen molar-refractivity contribution in [1.82, 2.24) is 0 Å². The second-order valence-corrected chi connectivity index (χ2v) is 3.15. The van der Waals surface area contributed by atoms with Gasteiger partial charge in [0.2, 0.25) is 0 Å². The van der Waals surface area contributed by atoms with Crippen LogP contribution in [0.5, 0.6) is 0 Å². The predicted molar refractivity (Wildman–Crippen MR) is 48.6 cm³/mol. The van der Waals surface area contributed by atoms with Crippen molar-refractivity contribution in [3.05, 3.63) is 34.4 Å². The van der Waals surface area contributed by atoms with Gasteiger partial charge in [-0.15, -0.1) is 6.42 Å². The van der Waals surface area contributed by atoms with Crippen LogP contribution in [0.4, 0.5) is 0 Å². The van der Waals surface area contributed by atoms with Crippen molar-refractivity contribution in [3.63, 3.8) is 0 Å². The van der Waals surface area contributed by atoms with Crippen LogP contribution in [0.3, 0.4) is 0 Å². The molecule has 0 atom stereocenters. The minimum Gasteiger partial charge on any atom is 4.00 e. The van der Waals surface area contributed by atoms with Gasteiger partial charge in [0.05, 0.1) is 0 Å². The summed E-state index contributed by atoms with van der Waals surface area (Å²) in [6, 6.07) is 0. The first kappa shape index (κ1) is 24.4. The molecule has 0 aliphatic heterocycles. The number of hydrogen-bond acceptors (Lipinski definition) is 0. The van der Waals surface area contributed by atoms with E-state index in [2.05, 4.69) is 16.1 Å². The largest absolute Gasteiger partial charge is 4.00 e. The van der Waals surface area contributed by atoms with Gasteiger partial charge < -0.3 is 24.8 Å². The summed E-state index contributed by atoms with van der Waals surface area (Å²) in [4.78, 5) is 0. The van der Waals surface area contributed by atoms with Crippen molar-refractivity contribution in [2.24, 2.45) is 0 Å². The van der Waals surface area contributed by atoms with Crippen molar-refractivity contribution in [2.75, 3.05) is 0 Å². The first-order valence-electron chi connectivity index (χ1n) is 2.85. The summed E-state index contributed by atoms with van der Waals surface area (Å²) in [5, 5.41) is 0. The first-order valence-corrected chi connectivity index (χ1v) is 5.78. The second-order valence-electron chi connectivity index (χ2n) is 1.47. The molecule has 0 spiro atoms. The van der Waals surface area contributed by atoms with Crippen molar-refractivity contribution >= 4 is 49.5 Å². The minimum absolute atomic E-state index is 0. The second kappa shape index (κ2) is 23.8. The summed E-state index contributed by atoms with van der Waals surface area (Å²) in [7, 11) is 0.